The van der Waals surface area contributed by atoms with Gasteiger partial charge in [0.05, 0.1) is 0 Å². The molecule has 1 fully saturated rings. The number of aromatic hydroxyl groups is 1. The van der Waals surface area contributed by atoms with Crippen molar-refractivity contribution in [2.24, 2.45) is 5.41 Å². The largest absolute Gasteiger partial charge is 0.507 e. The molecular formula is C14H21NO2. The van der Waals surface area contributed by atoms with Crippen LogP contribution in [0, 0.1) is 19.3 Å². The zero-order valence-corrected chi connectivity index (χ0v) is 10.6. The maximum absolute atomic E-state index is 9.68. The highest BCUT2D eigenvalue weighted by Crippen LogP contribution is 2.44. The molecule has 0 spiro atoms. The molecular weight excluding hydrogens is 214 g/mol. The first-order valence-electron chi connectivity index (χ1n) is 6.17. The van der Waals surface area contributed by atoms with Gasteiger partial charge in [0, 0.05) is 25.1 Å². The van der Waals surface area contributed by atoms with Crippen LogP contribution in [-0.2, 0) is 6.54 Å². The van der Waals surface area contributed by atoms with Gasteiger partial charge in [-0.2, -0.15) is 0 Å². The average Bonchev–Trinajstić information content (AvgIpc) is 3.06. The molecule has 1 aromatic carbocycles. The molecule has 2 rings (SSSR count). The Labute approximate surface area is 102 Å². The summed E-state index contributed by atoms with van der Waals surface area (Å²) in [5, 5.41) is 22.3. The summed E-state index contributed by atoms with van der Waals surface area (Å²) in [6.07, 6.45) is 2.26. The Balaban J connectivity index is 1.91. The van der Waals surface area contributed by atoms with Crippen LogP contribution < -0.4 is 5.32 Å². The van der Waals surface area contributed by atoms with Gasteiger partial charge in [-0.25, -0.2) is 0 Å². The van der Waals surface area contributed by atoms with Crippen LogP contribution in [0.15, 0.2) is 12.1 Å². The molecule has 3 N–H and O–H groups in total. The molecule has 0 unspecified atom stereocenters. The maximum Gasteiger partial charge on any atom is 0.121 e. The third kappa shape index (κ3) is 2.79. The van der Waals surface area contributed by atoms with Gasteiger partial charge >= 0.3 is 0 Å². The van der Waals surface area contributed by atoms with Gasteiger partial charge in [-0.3, -0.25) is 0 Å². The molecule has 17 heavy (non-hydrogen) atoms. The lowest BCUT2D eigenvalue weighted by Gasteiger charge is -2.13. The lowest BCUT2D eigenvalue weighted by atomic mass is 10.1. The molecule has 0 atom stereocenters. The average molecular weight is 235 g/mol. The van der Waals surface area contributed by atoms with E-state index in [1.165, 1.54) is 5.56 Å². The first-order valence-corrected chi connectivity index (χ1v) is 6.17. The molecule has 1 aliphatic rings. The van der Waals surface area contributed by atoms with E-state index in [1.54, 1.807) is 0 Å². The van der Waals surface area contributed by atoms with Crippen molar-refractivity contribution in [3.63, 3.8) is 0 Å². The smallest absolute Gasteiger partial charge is 0.121 e. The molecule has 0 radical (unpaired) electrons. The van der Waals surface area contributed by atoms with Crippen molar-refractivity contribution in [2.75, 3.05) is 13.2 Å². The summed E-state index contributed by atoms with van der Waals surface area (Å²) in [5.41, 5.74) is 3.18. The summed E-state index contributed by atoms with van der Waals surface area (Å²) >= 11 is 0. The molecule has 94 valence electrons. The first kappa shape index (κ1) is 12.4. The van der Waals surface area contributed by atoms with Crippen LogP contribution in [-0.4, -0.2) is 23.4 Å². The van der Waals surface area contributed by atoms with Crippen molar-refractivity contribution in [3.05, 3.63) is 28.8 Å². The summed E-state index contributed by atoms with van der Waals surface area (Å²) < 4.78 is 0. The standard InChI is InChI=1S/C14H21NO2/c1-10-5-12(6-11(2)13(10)17)7-15-8-14(9-16)3-4-14/h5-6,15-17H,3-4,7-9H2,1-2H3. The summed E-state index contributed by atoms with van der Waals surface area (Å²) in [4.78, 5) is 0. The molecule has 0 saturated heterocycles. The molecule has 1 aromatic rings. The molecule has 0 heterocycles. The number of aliphatic hydroxyl groups is 1. The minimum atomic E-state index is 0.154. The van der Waals surface area contributed by atoms with E-state index in [0.29, 0.717) is 5.75 Å². The van der Waals surface area contributed by atoms with Gasteiger partial charge < -0.3 is 15.5 Å². The van der Waals surface area contributed by atoms with E-state index in [4.69, 9.17) is 0 Å². The van der Waals surface area contributed by atoms with Crippen LogP contribution in [0.25, 0.3) is 0 Å². The van der Waals surface area contributed by atoms with E-state index in [-0.39, 0.29) is 12.0 Å². The number of rotatable bonds is 5. The number of nitrogens with one attached hydrogen (secondary N) is 1. The van der Waals surface area contributed by atoms with Gasteiger partial charge in [-0.1, -0.05) is 12.1 Å². The maximum atomic E-state index is 9.68. The number of phenolic OH excluding ortho intramolecular Hbond substituents is 1. The predicted molar refractivity (Wildman–Crippen MR) is 68.0 cm³/mol. The highest BCUT2D eigenvalue weighted by molar-refractivity contribution is 5.42. The van der Waals surface area contributed by atoms with Crippen LogP contribution in [0.2, 0.25) is 0 Å². The Kier molecular flexibility index (Phi) is 3.40. The second-order valence-electron chi connectivity index (χ2n) is 5.34. The molecule has 1 saturated carbocycles. The molecule has 3 heteroatoms. The number of hydrogen-bond acceptors (Lipinski definition) is 3. The fourth-order valence-electron chi connectivity index (χ4n) is 2.19. The molecule has 1 aliphatic carbocycles. The normalized spacial score (nSPS) is 17.1. The fraction of sp³-hybridized carbons (Fsp3) is 0.571. The van der Waals surface area contributed by atoms with Crippen LogP contribution in [0.3, 0.4) is 0 Å². The summed E-state index contributed by atoms with van der Waals surface area (Å²) in [7, 11) is 0. The Hall–Kier alpha value is -1.06. The number of phenols is 1. The summed E-state index contributed by atoms with van der Waals surface area (Å²) in [5.74, 6) is 0.391. The third-order valence-corrected chi connectivity index (χ3v) is 3.67. The third-order valence-electron chi connectivity index (χ3n) is 3.67. The highest BCUT2D eigenvalue weighted by Gasteiger charge is 2.41. The van der Waals surface area contributed by atoms with E-state index in [2.05, 4.69) is 5.32 Å². The Morgan fingerprint density at radius 2 is 1.82 bits per heavy atom. The lowest BCUT2D eigenvalue weighted by Crippen LogP contribution is -2.26. The van der Waals surface area contributed by atoms with Crippen LogP contribution in [0.4, 0.5) is 0 Å². The highest BCUT2D eigenvalue weighted by atomic mass is 16.3. The minimum Gasteiger partial charge on any atom is -0.507 e. The zero-order valence-electron chi connectivity index (χ0n) is 10.6. The van der Waals surface area contributed by atoms with Crippen molar-refractivity contribution in [2.45, 2.75) is 33.2 Å². The Bertz CT molecular complexity index is 388. The van der Waals surface area contributed by atoms with Gasteiger partial charge in [-0.15, -0.1) is 0 Å². The first-order chi connectivity index (χ1) is 8.06. The fourth-order valence-corrected chi connectivity index (χ4v) is 2.19. The van der Waals surface area contributed by atoms with Crippen molar-refractivity contribution >= 4 is 0 Å². The molecule has 0 aliphatic heterocycles. The van der Waals surface area contributed by atoms with E-state index in [1.807, 2.05) is 26.0 Å². The van der Waals surface area contributed by atoms with Gasteiger partial charge in [0.2, 0.25) is 0 Å². The topological polar surface area (TPSA) is 52.5 Å². The summed E-state index contributed by atoms with van der Waals surface area (Å²) in [6.45, 7) is 5.80. The van der Waals surface area contributed by atoms with Crippen LogP contribution in [0.1, 0.15) is 29.5 Å². The lowest BCUT2D eigenvalue weighted by molar-refractivity contribution is 0.207. The van der Waals surface area contributed by atoms with Crippen molar-refractivity contribution in [3.8, 4) is 5.75 Å². The zero-order chi connectivity index (χ0) is 12.5. The minimum absolute atomic E-state index is 0.154. The van der Waals surface area contributed by atoms with Gasteiger partial charge in [0.15, 0.2) is 0 Å². The molecule has 3 nitrogen and oxygen atoms in total. The van der Waals surface area contributed by atoms with E-state index >= 15 is 0 Å². The van der Waals surface area contributed by atoms with Crippen LogP contribution >= 0.6 is 0 Å². The molecule has 0 bridgehead atoms. The quantitative estimate of drug-likeness (QED) is 0.730. The van der Waals surface area contributed by atoms with Gasteiger partial charge in [0.1, 0.15) is 5.75 Å². The van der Waals surface area contributed by atoms with Crippen molar-refractivity contribution < 1.29 is 10.2 Å². The number of aryl methyl sites for hydroxylation is 2. The van der Waals surface area contributed by atoms with E-state index in [0.717, 1.165) is 37.1 Å². The molecule has 0 aromatic heterocycles. The van der Waals surface area contributed by atoms with Gasteiger partial charge in [0.25, 0.3) is 0 Å². The Morgan fingerprint density at radius 1 is 1.24 bits per heavy atom. The van der Waals surface area contributed by atoms with E-state index in [9.17, 15) is 10.2 Å². The van der Waals surface area contributed by atoms with Gasteiger partial charge in [-0.05, 0) is 43.4 Å². The number of hydrogen-bond donors (Lipinski definition) is 3. The predicted octanol–water partition coefficient (Wildman–Crippen LogP) is 1.87. The summed E-state index contributed by atoms with van der Waals surface area (Å²) in [6, 6.07) is 4.02. The van der Waals surface area contributed by atoms with Crippen molar-refractivity contribution in [1.29, 1.82) is 0 Å². The molecule has 0 amide bonds. The van der Waals surface area contributed by atoms with E-state index < -0.39 is 0 Å². The number of aliphatic hydroxyl groups excluding tert-OH is 1. The second-order valence-corrected chi connectivity index (χ2v) is 5.34. The number of benzene rings is 1. The SMILES string of the molecule is Cc1cc(CNCC2(CO)CC2)cc(C)c1O. The second kappa shape index (κ2) is 4.67. The Morgan fingerprint density at radius 3 is 2.29 bits per heavy atom. The van der Waals surface area contributed by atoms with Crippen molar-refractivity contribution in [1.82, 2.24) is 5.32 Å². The van der Waals surface area contributed by atoms with Crippen LogP contribution in [0.5, 0.6) is 5.75 Å². The monoisotopic (exact) mass is 235 g/mol.